The molecule has 0 spiro atoms. The summed E-state index contributed by atoms with van der Waals surface area (Å²) in [4.78, 5) is 23.7. The first-order valence-corrected chi connectivity index (χ1v) is 12.6. The number of hydrogen-bond donors (Lipinski definition) is 0. The van der Waals surface area contributed by atoms with Crippen LogP contribution < -0.4 is 15.9 Å². The summed E-state index contributed by atoms with van der Waals surface area (Å²) >= 11 is 0. The molecule has 4 aromatic rings. The molecular weight excluding hydrogens is 433 g/mol. The number of non-ortho nitro benzene ring substituents is 1. The van der Waals surface area contributed by atoms with Crippen LogP contribution >= 0.6 is 7.49 Å². The summed E-state index contributed by atoms with van der Waals surface area (Å²) < 4.78 is 6.47. The number of aryl methyl sites for hydroxylation is 1. The number of carbonyl (C=O) groups is 1. The number of rotatable bonds is 8. The molecule has 0 heterocycles. The third-order valence-corrected chi connectivity index (χ3v) is 9.55. The van der Waals surface area contributed by atoms with Gasteiger partial charge in [0.25, 0.3) is 0 Å². The molecule has 0 aliphatic rings. The fraction of sp³-hybridized carbons (Fsp3) is 0.0741. The molecule has 0 N–H and O–H groups in total. The number of carbonyl (C=O) groups excluding carboxylic acids is 1. The quantitative estimate of drug-likeness (QED) is 0.218. The summed E-state index contributed by atoms with van der Waals surface area (Å²) in [5.74, 6) is -0.295. The number of nitrogens with zero attached hydrogens (tertiary/aromatic N) is 1. The van der Waals surface area contributed by atoms with Crippen LogP contribution in [0.4, 0.5) is 5.69 Å². The van der Waals surface area contributed by atoms with Gasteiger partial charge in [0.05, 0.1) is 0 Å². The average molecular weight is 457 g/mol. The van der Waals surface area contributed by atoms with E-state index in [0.29, 0.717) is 6.42 Å². The average Bonchev–Trinajstić information content (AvgIpc) is 2.88. The normalized spacial score (nSPS) is 11.5. The van der Waals surface area contributed by atoms with Gasteiger partial charge in [-0.1, -0.05) is 0 Å². The van der Waals surface area contributed by atoms with Crippen LogP contribution in [0.5, 0.6) is 0 Å². The van der Waals surface area contributed by atoms with Crippen molar-refractivity contribution in [3.63, 3.8) is 0 Å². The van der Waals surface area contributed by atoms with Crippen molar-refractivity contribution in [3.05, 3.63) is 131 Å². The summed E-state index contributed by atoms with van der Waals surface area (Å²) in [5.41, 5.74) is 0.883. The van der Waals surface area contributed by atoms with Gasteiger partial charge in [-0.25, -0.2) is 0 Å². The second kappa shape index (κ2) is 10.2. The predicted molar refractivity (Wildman–Crippen MR) is 134 cm³/mol. The Morgan fingerprint density at radius 3 is 1.52 bits per heavy atom. The van der Waals surface area contributed by atoms with Crippen LogP contribution in [-0.4, -0.2) is 10.9 Å². The SMILES string of the molecule is O=C(CCc1ccc([N+](=O)[O-])cc1)O[PH](c1ccccc1)(c1ccccc1)c1ccccc1. The van der Waals surface area contributed by atoms with Crippen LogP contribution in [0.15, 0.2) is 115 Å². The molecule has 33 heavy (non-hydrogen) atoms. The van der Waals surface area contributed by atoms with E-state index in [2.05, 4.69) is 0 Å². The van der Waals surface area contributed by atoms with E-state index in [4.69, 9.17) is 4.52 Å². The van der Waals surface area contributed by atoms with Gasteiger partial charge >= 0.3 is 193 Å². The van der Waals surface area contributed by atoms with Gasteiger partial charge in [0.15, 0.2) is 0 Å². The Bertz CT molecular complexity index is 1120. The van der Waals surface area contributed by atoms with Crippen molar-refractivity contribution in [1.82, 2.24) is 0 Å². The molecule has 0 bridgehead atoms. The zero-order chi connectivity index (χ0) is 23.1. The summed E-state index contributed by atoms with van der Waals surface area (Å²) in [5, 5.41) is 13.9. The third kappa shape index (κ3) is 5.00. The summed E-state index contributed by atoms with van der Waals surface area (Å²) in [6.45, 7) is 0. The molecule has 0 fully saturated rings. The Morgan fingerprint density at radius 1 is 0.697 bits per heavy atom. The molecule has 166 valence electrons. The van der Waals surface area contributed by atoms with E-state index >= 15 is 0 Å². The number of nitro benzene ring substituents is 1. The van der Waals surface area contributed by atoms with Crippen LogP contribution in [-0.2, 0) is 15.7 Å². The third-order valence-electron chi connectivity index (χ3n) is 5.57. The minimum absolute atomic E-state index is 0.0324. The molecule has 0 aliphatic carbocycles. The maximum absolute atomic E-state index is 13.2. The Kier molecular flexibility index (Phi) is 6.92. The van der Waals surface area contributed by atoms with Crippen molar-refractivity contribution < 1.29 is 14.2 Å². The van der Waals surface area contributed by atoms with Gasteiger partial charge in [-0.3, -0.25) is 0 Å². The number of nitro groups is 1. The Balaban J connectivity index is 1.68. The molecule has 0 saturated heterocycles. The molecule has 0 saturated carbocycles. The first-order valence-electron chi connectivity index (χ1n) is 10.7. The molecule has 4 aromatic carbocycles. The van der Waals surface area contributed by atoms with Gasteiger partial charge in [0.2, 0.25) is 0 Å². The van der Waals surface area contributed by atoms with E-state index in [1.165, 1.54) is 12.1 Å². The van der Waals surface area contributed by atoms with Crippen LogP contribution in [0.2, 0.25) is 0 Å². The molecule has 0 unspecified atom stereocenters. The van der Waals surface area contributed by atoms with Crippen molar-refractivity contribution in [2.75, 3.05) is 0 Å². The predicted octanol–water partition coefficient (Wildman–Crippen LogP) is 4.71. The van der Waals surface area contributed by atoms with Crippen molar-refractivity contribution >= 4 is 35.1 Å². The minimum atomic E-state index is -3.09. The van der Waals surface area contributed by atoms with Gasteiger partial charge in [-0.05, 0) is 0 Å². The Morgan fingerprint density at radius 2 is 1.12 bits per heavy atom. The van der Waals surface area contributed by atoms with Crippen LogP contribution in [0, 0.1) is 10.1 Å². The van der Waals surface area contributed by atoms with Gasteiger partial charge in [-0.2, -0.15) is 0 Å². The van der Waals surface area contributed by atoms with E-state index in [-0.39, 0.29) is 18.1 Å². The molecular formula is C27H24NO4P. The Labute approximate surface area is 193 Å². The van der Waals surface area contributed by atoms with E-state index in [1.54, 1.807) is 12.1 Å². The van der Waals surface area contributed by atoms with Gasteiger partial charge in [0.1, 0.15) is 0 Å². The van der Waals surface area contributed by atoms with Gasteiger partial charge in [-0.15, -0.1) is 0 Å². The van der Waals surface area contributed by atoms with Crippen molar-refractivity contribution in [2.24, 2.45) is 0 Å². The first kappa shape index (κ1) is 22.4. The topological polar surface area (TPSA) is 69.4 Å². The maximum atomic E-state index is 13.2. The number of hydrogen-bond acceptors (Lipinski definition) is 4. The van der Waals surface area contributed by atoms with Crippen LogP contribution in [0.3, 0.4) is 0 Å². The van der Waals surface area contributed by atoms with Gasteiger partial charge < -0.3 is 0 Å². The summed E-state index contributed by atoms with van der Waals surface area (Å²) in [6, 6.07) is 36.1. The van der Waals surface area contributed by atoms with E-state index in [1.807, 2.05) is 91.0 Å². The fourth-order valence-electron chi connectivity index (χ4n) is 3.95. The fourth-order valence-corrected chi connectivity index (χ4v) is 7.73. The standard InChI is InChI=1S/C27H24NO4P/c29-27(21-18-22-16-19-23(20-17-22)28(30)31)32-33(24-10-4-1-5-11-24,25-12-6-2-7-13-25)26-14-8-3-9-15-26/h1-17,19-20,33H,18,21H2. The van der Waals surface area contributed by atoms with E-state index in [0.717, 1.165) is 21.5 Å². The monoisotopic (exact) mass is 457 g/mol. The molecule has 4 rings (SSSR count). The van der Waals surface area contributed by atoms with Crippen molar-refractivity contribution in [1.29, 1.82) is 0 Å². The first-order chi connectivity index (χ1) is 16.1. The summed E-state index contributed by atoms with van der Waals surface area (Å²) in [7, 11) is -3.09. The molecule has 0 aromatic heterocycles. The molecule has 0 radical (unpaired) electrons. The zero-order valence-electron chi connectivity index (χ0n) is 18.0. The second-order valence-electron chi connectivity index (χ2n) is 7.68. The van der Waals surface area contributed by atoms with E-state index in [9.17, 15) is 14.9 Å². The van der Waals surface area contributed by atoms with Gasteiger partial charge in [0, 0.05) is 0 Å². The molecule has 0 atom stereocenters. The molecule has 6 heteroatoms. The Hall–Kier alpha value is -3.82. The number of benzene rings is 4. The molecule has 0 amide bonds. The zero-order valence-corrected chi connectivity index (χ0v) is 19.0. The second-order valence-corrected chi connectivity index (χ2v) is 11.0. The molecule has 5 nitrogen and oxygen atoms in total. The summed E-state index contributed by atoms with van der Waals surface area (Å²) in [6.07, 6.45) is 0.624. The van der Waals surface area contributed by atoms with Crippen molar-refractivity contribution in [2.45, 2.75) is 12.8 Å². The van der Waals surface area contributed by atoms with Crippen molar-refractivity contribution in [3.8, 4) is 0 Å². The molecule has 0 aliphatic heterocycles. The van der Waals surface area contributed by atoms with Crippen LogP contribution in [0.1, 0.15) is 12.0 Å². The van der Waals surface area contributed by atoms with E-state index < -0.39 is 12.4 Å². The van der Waals surface area contributed by atoms with Crippen LogP contribution in [0.25, 0.3) is 0 Å².